The number of esters is 1. The number of nitrogens with zero attached hydrogens (tertiary/aromatic N) is 5. The van der Waals surface area contributed by atoms with Crippen molar-refractivity contribution in [3.8, 4) is 5.95 Å². The van der Waals surface area contributed by atoms with Crippen molar-refractivity contribution in [3.63, 3.8) is 0 Å². The maximum absolute atomic E-state index is 11.3. The molecule has 2 aromatic rings. The average Bonchev–Trinajstić information content (AvgIpc) is 2.90. The zero-order valence-corrected chi connectivity index (χ0v) is 11.0. The molecule has 0 aliphatic carbocycles. The van der Waals surface area contributed by atoms with Crippen LogP contribution in [0.15, 0.2) is 18.7 Å². The fourth-order valence-corrected chi connectivity index (χ4v) is 1.48. The summed E-state index contributed by atoms with van der Waals surface area (Å²) in [5, 5.41) is 2.79. The van der Waals surface area contributed by atoms with Gasteiger partial charge in [-0.3, -0.25) is 4.57 Å². The molecule has 0 aliphatic rings. The lowest BCUT2D eigenvalue weighted by molar-refractivity contribution is -0.141. The molecule has 0 aromatic carbocycles. The van der Waals surface area contributed by atoms with Gasteiger partial charge >= 0.3 is 5.97 Å². The number of hydrogen-bond donors (Lipinski definition) is 1. The molecule has 0 spiro atoms. The Morgan fingerprint density at radius 3 is 2.89 bits per heavy atom. The lowest BCUT2D eigenvalue weighted by atomic mass is 10.3. The number of imidazole rings is 1. The number of carbonyl (C=O) groups is 1. The van der Waals surface area contributed by atoms with E-state index in [1.165, 1.54) is 13.4 Å². The first-order valence-electron chi connectivity index (χ1n) is 5.34. The van der Waals surface area contributed by atoms with Gasteiger partial charge in [0.05, 0.1) is 7.11 Å². The zero-order valence-electron chi connectivity index (χ0n) is 10.2. The standard InChI is InChI=1S/C10H11ClN6O2/c1-6(7(18)19-2)13-9-14-8(11)15-10(16-9)17-4-3-12-5-17/h3-6H,1-2H3,(H,13,14,15,16). The summed E-state index contributed by atoms with van der Waals surface area (Å²) in [5.74, 6) is 0.0550. The smallest absolute Gasteiger partial charge is 0.328 e. The molecular formula is C10H11ClN6O2. The van der Waals surface area contributed by atoms with Gasteiger partial charge in [-0.1, -0.05) is 0 Å². The second-order valence-electron chi connectivity index (χ2n) is 3.59. The van der Waals surface area contributed by atoms with Gasteiger partial charge in [0.25, 0.3) is 0 Å². The first kappa shape index (κ1) is 13.2. The van der Waals surface area contributed by atoms with Crippen molar-refractivity contribution >= 4 is 23.5 Å². The van der Waals surface area contributed by atoms with E-state index >= 15 is 0 Å². The predicted octanol–water partition coefficient (Wildman–Crippen LogP) is 0.684. The van der Waals surface area contributed by atoms with E-state index in [0.29, 0.717) is 5.95 Å². The number of hydrogen-bond acceptors (Lipinski definition) is 7. The Bertz CT molecular complexity index is 573. The molecule has 0 amide bonds. The molecule has 2 rings (SSSR count). The van der Waals surface area contributed by atoms with Crippen molar-refractivity contribution in [3.05, 3.63) is 24.0 Å². The highest BCUT2D eigenvalue weighted by Gasteiger charge is 2.15. The van der Waals surface area contributed by atoms with E-state index in [1.807, 2.05) is 0 Å². The van der Waals surface area contributed by atoms with Gasteiger partial charge in [0.2, 0.25) is 17.2 Å². The molecule has 19 heavy (non-hydrogen) atoms. The van der Waals surface area contributed by atoms with Crippen LogP contribution in [-0.2, 0) is 9.53 Å². The van der Waals surface area contributed by atoms with Gasteiger partial charge in [-0.2, -0.15) is 15.0 Å². The fraction of sp³-hybridized carbons (Fsp3) is 0.300. The molecule has 0 radical (unpaired) electrons. The summed E-state index contributed by atoms with van der Waals surface area (Å²) < 4.78 is 6.17. The molecule has 9 heteroatoms. The first-order valence-corrected chi connectivity index (χ1v) is 5.72. The summed E-state index contributed by atoms with van der Waals surface area (Å²) >= 11 is 5.81. The van der Waals surface area contributed by atoms with Crippen molar-refractivity contribution in [2.24, 2.45) is 0 Å². The minimum atomic E-state index is -0.598. The molecule has 1 N–H and O–H groups in total. The maximum Gasteiger partial charge on any atom is 0.328 e. The lowest BCUT2D eigenvalue weighted by Crippen LogP contribution is -2.28. The lowest BCUT2D eigenvalue weighted by Gasteiger charge is -2.11. The molecule has 0 aliphatic heterocycles. The van der Waals surface area contributed by atoms with Gasteiger partial charge in [-0.15, -0.1) is 0 Å². The molecule has 0 saturated heterocycles. The molecule has 2 heterocycles. The van der Waals surface area contributed by atoms with Gasteiger partial charge < -0.3 is 10.1 Å². The Kier molecular flexibility index (Phi) is 3.91. The summed E-state index contributed by atoms with van der Waals surface area (Å²) in [6.45, 7) is 1.63. The molecule has 1 unspecified atom stereocenters. The van der Waals surface area contributed by atoms with E-state index in [0.717, 1.165) is 0 Å². The Labute approximate surface area is 113 Å². The molecule has 0 bridgehead atoms. The Morgan fingerprint density at radius 1 is 1.47 bits per heavy atom. The molecule has 100 valence electrons. The monoisotopic (exact) mass is 282 g/mol. The summed E-state index contributed by atoms with van der Waals surface area (Å²) in [7, 11) is 1.30. The summed E-state index contributed by atoms with van der Waals surface area (Å²) in [6.07, 6.45) is 4.78. The topological polar surface area (TPSA) is 94.8 Å². The number of anilines is 1. The van der Waals surface area contributed by atoms with E-state index in [4.69, 9.17) is 11.6 Å². The number of rotatable bonds is 4. The van der Waals surface area contributed by atoms with Crippen molar-refractivity contribution in [2.45, 2.75) is 13.0 Å². The second kappa shape index (κ2) is 5.61. The van der Waals surface area contributed by atoms with Gasteiger partial charge in [-0.25, -0.2) is 9.78 Å². The number of nitrogens with one attached hydrogen (secondary N) is 1. The third-order valence-electron chi connectivity index (χ3n) is 2.23. The first-order chi connectivity index (χ1) is 9.10. The fourth-order valence-electron chi connectivity index (χ4n) is 1.33. The van der Waals surface area contributed by atoms with Crippen molar-refractivity contribution in [1.82, 2.24) is 24.5 Å². The third kappa shape index (κ3) is 3.16. The molecule has 8 nitrogen and oxygen atoms in total. The molecular weight excluding hydrogens is 272 g/mol. The van der Waals surface area contributed by atoms with Crippen LogP contribution < -0.4 is 5.32 Å². The third-order valence-corrected chi connectivity index (χ3v) is 2.40. The van der Waals surface area contributed by atoms with Crippen LogP contribution in [0.2, 0.25) is 5.28 Å². The van der Waals surface area contributed by atoms with Crippen molar-refractivity contribution < 1.29 is 9.53 Å². The summed E-state index contributed by atoms with van der Waals surface area (Å²) in [6, 6.07) is -0.598. The van der Waals surface area contributed by atoms with E-state index in [1.54, 1.807) is 23.9 Å². The van der Waals surface area contributed by atoms with Crippen LogP contribution in [0.25, 0.3) is 5.95 Å². The second-order valence-corrected chi connectivity index (χ2v) is 3.93. The average molecular weight is 283 g/mol. The van der Waals surface area contributed by atoms with E-state index in [-0.39, 0.29) is 11.2 Å². The number of carbonyl (C=O) groups excluding carboxylic acids is 1. The van der Waals surface area contributed by atoms with Crippen LogP contribution in [0.4, 0.5) is 5.95 Å². The van der Waals surface area contributed by atoms with Crippen LogP contribution in [-0.4, -0.2) is 43.6 Å². The van der Waals surface area contributed by atoms with Crippen LogP contribution in [0, 0.1) is 0 Å². The van der Waals surface area contributed by atoms with Crippen LogP contribution in [0.3, 0.4) is 0 Å². The molecule has 0 fully saturated rings. The number of methoxy groups -OCH3 is 1. The summed E-state index contributed by atoms with van der Waals surface area (Å²) in [4.78, 5) is 27.2. The highest BCUT2D eigenvalue weighted by atomic mass is 35.5. The SMILES string of the molecule is COC(=O)C(C)Nc1nc(Cl)nc(-n2ccnc2)n1. The van der Waals surface area contributed by atoms with Gasteiger partial charge in [0.15, 0.2) is 0 Å². The van der Waals surface area contributed by atoms with Gasteiger partial charge in [0, 0.05) is 12.4 Å². The minimum Gasteiger partial charge on any atom is -0.467 e. The maximum atomic E-state index is 11.3. The van der Waals surface area contributed by atoms with E-state index in [2.05, 4.69) is 30.0 Å². The van der Waals surface area contributed by atoms with Gasteiger partial charge in [0.1, 0.15) is 12.4 Å². The molecule has 0 saturated carbocycles. The summed E-state index contributed by atoms with van der Waals surface area (Å²) in [5.41, 5.74) is 0. The number of aromatic nitrogens is 5. The minimum absolute atomic E-state index is 0.0123. The van der Waals surface area contributed by atoms with E-state index < -0.39 is 12.0 Å². The van der Waals surface area contributed by atoms with Crippen molar-refractivity contribution in [1.29, 1.82) is 0 Å². The number of ether oxygens (including phenoxy) is 1. The normalized spacial score (nSPS) is 11.9. The van der Waals surface area contributed by atoms with Crippen LogP contribution in [0.5, 0.6) is 0 Å². The Hall–Kier alpha value is -2.22. The highest BCUT2D eigenvalue weighted by Crippen LogP contribution is 2.10. The largest absolute Gasteiger partial charge is 0.467 e. The number of halogens is 1. The van der Waals surface area contributed by atoms with Crippen LogP contribution in [0.1, 0.15) is 6.92 Å². The van der Waals surface area contributed by atoms with E-state index in [9.17, 15) is 4.79 Å². The quantitative estimate of drug-likeness (QED) is 0.824. The zero-order chi connectivity index (χ0) is 13.8. The Morgan fingerprint density at radius 2 is 2.26 bits per heavy atom. The van der Waals surface area contributed by atoms with Crippen LogP contribution >= 0.6 is 11.6 Å². The predicted molar refractivity (Wildman–Crippen MR) is 67.1 cm³/mol. The van der Waals surface area contributed by atoms with Gasteiger partial charge in [-0.05, 0) is 18.5 Å². The molecule has 2 aromatic heterocycles. The molecule has 1 atom stereocenters. The van der Waals surface area contributed by atoms with Crippen molar-refractivity contribution in [2.75, 3.05) is 12.4 Å². The highest BCUT2D eigenvalue weighted by molar-refractivity contribution is 6.28. The Balaban J connectivity index is 2.25.